The molecule has 1 aromatic heterocycles. The van der Waals surface area contributed by atoms with Gasteiger partial charge in [-0.05, 0) is 12.1 Å². The number of nitrogens with zero attached hydrogens (tertiary/aromatic N) is 1. The number of aromatic nitrogens is 1. The fraction of sp³-hybridized carbons (Fsp3) is 0.500. The topological polar surface area (TPSA) is 66.6 Å². The van der Waals surface area contributed by atoms with Gasteiger partial charge in [0.25, 0.3) is 0 Å². The maximum Gasteiger partial charge on any atom is 0.137 e. The van der Waals surface area contributed by atoms with Gasteiger partial charge >= 0.3 is 0 Å². The molecular formula is C12H18N2O3S. The minimum Gasteiger partial charge on any atom is -0.492 e. The number of ether oxygens (including phenoxy) is 3. The van der Waals surface area contributed by atoms with Crippen LogP contribution in [0.5, 0.6) is 5.75 Å². The van der Waals surface area contributed by atoms with Crippen LogP contribution in [0.2, 0.25) is 0 Å². The van der Waals surface area contributed by atoms with Crippen LogP contribution in [0.15, 0.2) is 18.3 Å². The Balaban J connectivity index is 2.14. The van der Waals surface area contributed by atoms with Crippen molar-refractivity contribution < 1.29 is 14.2 Å². The second-order valence-electron chi connectivity index (χ2n) is 3.55. The summed E-state index contributed by atoms with van der Waals surface area (Å²) in [5.74, 6) is 0.701. The van der Waals surface area contributed by atoms with Gasteiger partial charge in [-0.25, -0.2) is 4.98 Å². The zero-order chi connectivity index (χ0) is 13.2. The minimum absolute atomic E-state index is 0.285. The molecule has 0 spiro atoms. The molecule has 2 N–H and O–H groups in total. The van der Waals surface area contributed by atoms with Crippen LogP contribution in [0.4, 0.5) is 0 Å². The Morgan fingerprint density at radius 2 is 2.11 bits per heavy atom. The van der Waals surface area contributed by atoms with Crippen LogP contribution >= 0.6 is 12.2 Å². The summed E-state index contributed by atoms with van der Waals surface area (Å²) in [5, 5.41) is 0. The van der Waals surface area contributed by atoms with E-state index in [-0.39, 0.29) is 4.99 Å². The van der Waals surface area contributed by atoms with Crippen molar-refractivity contribution in [1.29, 1.82) is 0 Å². The van der Waals surface area contributed by atoms with Gasteiger partial charge < -0.3 is 19.9 Å². The van der Waals surface area contributed by atoms with Crippen molar-refractivity contribution in [3.8, 4) is 5.75 Å². The minimum atomic E-state index is 0.285. The number of hydrogen-bond acceptors (Lipinski definition) is 5. The van der Waals surface area contributed by atoms with Crippen molar-refractivity contribution in [2.75, 3.05) is 33.5 Å². The Kier molecular flexibility index (Phi) is 7.24. The molecule has 0 aliphatic heterocycles. The zero-order valence-corrected chi connectivity index (χ0v) is 11.2. The molecule has 0 amide bonds. The third-order valence-electron chi connectivity index (χ3n) is 2.12. The molecule has 1 heterocycles. The lowest BCUT2D eigenvalue weighted by Crippen LogP contribution is -2.11. The van der Waals surface area contributed by atoms with E-state index in [1.54, 1.807) is 25.4 Å². The second kappa shape index (κ2) is 8.79. The van der Waals surface area contributed by atoms with E-state index in [1.165, 1.54) is 0 Å². The van der Waals surface area contributed by atoms with Gasteiger partial charge in [0.2, 0.25) is 0 Å². The predicted molar refractivity (Wildman–Crippen MR) is 72.9 cm³/mol. The summed E-state index contributed by atoms with van der Waals surface area (Å²) in [6, 6.07) is 3.54. The number of pyridine rings is 1. The highest BCUT2D eigenvalue weighted by Gasteiger charge is 1.99. The van der Waals surface area contributed by atoms with Crippen molar-refractivity contribution in [2.24, 2.45) is 5.73 Å². The Hall–Kier alpha value is -1.24. The molecule has 0 aromatic carbocycles. The van der Waals surface area contributed by atoms with E-state index in [4.69, 9.17) is 32.2 Å². The maximum atomic E-state index is 5.49. The second-order valence-corrected chi connectivity index (χ2v) is 3.99. The number of methoxy groups -OCH3 is 1. The zero-order valence-electron chi connectivity index (χ0n) is 10.4. The predicted octanol–water partition coefficient (Wildman–Crippen LogP) is 1.15. The summed E-state index contributed by atoms with van der Waals surface area (Å²) in [5.41, 5.74) is 6.04. The van der Waals surface area contributed by atoms with Gasteiger partial charge in [0, 0.05) is 20.1 Å². The molecule has 0 saturated heterocycles. The summed E-state index contributed by atoms with van der Waals surface area (Å²) in [4.78, 5) is 4.36. The monoisotopic (exact) mass is 270 g/mol. The molecule has 18 heavy (non-hydrogen) atoms. The van der Waals surface area contributed by atoms with Crippen molar-refractivity contribution in [2.45, 2.75) is 6.42 Å². The molecule has 0 aliphatic carbocycles. The van der Waals surface area contributed by atoms with Gasteiger partial charge in [-0.15, -0.1) is 0 Å². The van der Waals surface area contributed by atoms with Crippen molar-refractivity contribution in [3.63, 3.8) is 0 Å². The van der Waals surface area contributed by atoms with Crippen molar-refractivity contribution >= 4 is 17.2 Å². The molecule has 0 radical (unpaired) electrons. The first-order valence-electron chi connectivity index (χ1n) is 5.69. The molecule has 6 heteroatoms. The largest absolute Gasteiger partial charge is 0.492 e. The van der Waals surface area contributed by atoms with Gasteiger partial charge in [0.05, 0.1) is 31.7 Å². The van der Waals surface area contributed by atoms with Crippen LogP contribution in [-0.4, -0.2) is 43.5 Å². The number of nitrogens with two attached hydrogens (primary N) is 1. The molecular weight excluding hydrogens is 252 g/mol. The first-order valence-corrected chi connectivity index (χ1v) is 6.10. The third kappa shape index (κ3) is 5.90. The highest BCUT2D eigenvalue weighted by molar-refractivity contribution is 7.80. The summed E-state index contributed by atoms with van der Waals surface area (Å²) in [7, 11) is 1.65. The Morgan fingerprint density at radius 3 is 2.72 bits per heavy atom. The molecule has 0 saturated carbocycles. The average molecular weight is 270 g/mol. The normalized spacial score (nSPS) is 10.3. The average Bonchev–Trinajstić information content (AvgIpc) is 2.38. The van der Waals surface area contributed by atoms with Crippen LogP contribution in [0, 0.1) is 0 Å². The SMILES string of the molecule is COCCOCCCOc1ccc(C(N)=S)nc1. The molecule has 0 unspecified atom stereocenters. The van der Waals surface area contributed by atoms with Crippen molar-refractivity contribution in [1.82, 2.24) is 4.98 Å². The van der Waals surface area contributed by atoms with E-state index < -0.39 is 0 Å². The van der Waals surface area contributed by atoms with E-state index in [0.717, 1.165) is 6.42 Å². The highest BCUT2D eigenvalue weighted by Crippen LogP contribution is 2.09. The quantitative estimate of drug-likeness (QED) is 0.536. The number of rotatable bonds is 9. The van der Waals surface area contributed by atoms with E-state index >= 15 is 0 Å². The van der Waals surface area contributed by atoms with E-state index in [9.17, 15) is 0 Å². The number of hydrogen-bond donors (Lipinski definition) is 1. The summed E-state index contributed by atoms with van der Waals surface area (Å²) in [6.07, 6.45) is 2.43. The molecule has 1 rings (SSSR count). The fourth-order valence-electron chi connectivity index (χ4n) is 1.21. The molecule has 1 aromatic rings. The first kappa shape index (κ1) is 14.8. The lowest BCUT2D eigenvalue weighted by Gasteiger charge is -2.07. The molecule has 0 aliphatic rings. The van der Waals surface area contributed by atoms with Crippen LogP contribution in [-0.2, 0) is 9.47 Å². The molecule has 5 nitrogen and oxygen atoms in total. The Morgan fingerprint density at radius 1 is 1.28 bits per heavy atom. The third-order valence-corrected chi connectivity index (χ3v) is 2.33. The standard InChI is InChI=1S/C12H18N2O3S/c1-15-7-8-16-5-2-6-17-10-3-4-11(12(13)18)14-9-10/h3-4,9H,2,5-8H2,1H3,(H2,13,18). The summed E-state index contributed by atoms with van der Waals surface area (Å²) in [6.45, 7) is 2.47. The number of thiocarbonyl (C=S) groups is 1. The lowest BCUT2D eigenvalue weighted by molar-refractivity contribution is 0.0644. The molecule has 0 fully saturated rings. The van der Waals surface area contributed by atoms with Crippen molar-refractivity contribution in [3.05, 3.63) is 24.0 Å². The first-order chi connectivity index (χ1) is 8.74. The van der Waals surface area contributed by atoms with Crippen LogP contribution < -0.4 is 10.5 Å². The fourth-order valence-corrected chi connectivity index (χ4v) is 1.33. The lowest BCUT2D eigenvalue weighted by atomic mass is 10.3. The van der Waals surface area contributed by atoms with Crippen LogP contribution in [0.25, 0.3) is 0 Å². The Bertz CT molecular complexity index is 357. The highest BCUT2D eigenvalue weighted by atomic mass is 32.1. The maximum absolute atomic E-state index is 5.49. The van der Waals surface area contributed by atoms with Gasteiger partial charge in [0.15, 0.2) is 0 Å². The molecule has 0 atom stereocenters. The van der Waals surface area contributed by atoms with E-state index in [1.807, 2.05) is 0 Å². The van der Waals surface area contributed by atoms with Gasteiger partial charge in [-0.1, -0.05) is 12.2 Å². The van der Waals surface area contributed by atoms with Gasteiger partial charge in [-0.3, -0.25) is 0 Å². The Labute approximate surface area is 112 Å². The summed E-state index contributed by atoms with van der Waals surface area (Å²) < 4.78 is 15.7. The van der Waals surface area contributed by atoms with E-state index in [0.29, 0.717) is 37.9 Å². The molecule has 100 valence electrons. The smallest absolute Gasteiger partial charge is 0.137 e. The van der Waals surface area contributed by atoms with Gasteiger partial charge in [0.1, 0.15) is 10.7 Å². The summed E-state index contributed by atoms with van der Waals surface area (Å²) >= 11 is 4.81. The molecule has 0 bridgehead atoms. The van der Waals surface area contributed by atoms with Crippen LogP contribution in [0.3, 0.4) is 0 Å². The van der Waals surface area contributed by atoms with Gasteiger partial charge in [-0.2, -0.15) is 0 Å². The van der Waals surface area contributed by atoms with Crippen LogP contribution in [0.1, 0.15) is 12.1 Å². The van der Waals surface area contributed by atoms with E-state index in [2.05, 4.69) is 4.98 Å².